The number of rotatable bonds is 6. The Hall–Kier alpha value is -3.41. The zero-order chi connectivity index (χ0) is 20.4. The lowest BCUT2D eigenvalue weighted by Crippen LogP contribution is -2.37. The molecule has 1 amide bonds. The quantitative estimate of drug-likeness (QED) is 0.653. The summed E-state index contributed by atoms with van der Waals surface area (Å²) in [4.78, 5) is 25.1. The first-order valence-corrected chi connectivity index (χ1v) is 9.75. The van der Waals surface area contributed by atoms with Crippen molar-refractivity contribution in [2.75, 3.05) is 0 Å². The number of nitrogens with zero attached hydrogens (tertiary/aromatic N) is 2. The van der Waals surface area contributed by atoms with Crippen LogP contribution in [0.3, 0.4) is 0 Å². The Bertz CT molecular complexity index is 1020. The van der Waals surface area contributed by atoms with Gasteiger partial charge in [-0.2, -0.15) is 5.10 Å². The molecule has 1 aliphatic carbocycles. The van der Waals surface area contributed by atoms with E-state index in [0.29, 0.717) is 11.3 Å². The van der Waals surface area contributed by atoms with Crippen LogP contribution in [0.5, 0.6) is 0 Å². The second-order valence-corrected chi connectivity index (χ2v) is 7.37. The predicted molar refractivity (Wildman–Crippen MR) is 110 cm³/mol. The minimum atomic E-state index is -0.867. The van der Waals surface area contributed by atoms with Crippen molar-refractivity contribution < 1.29 is 14.3 Å². The molecule has 0 radical (unpaired) electrons. The summed E-state index contributed by atoms with van der Waals surface area (Å²) in [6.07, 6.45) is 2.74. The van der Waals surface area contributed by atoms with Gasteiger partial charge in [0, 0.05) is 17.8 Å². The van der Waals surface area contributed by atoms with Crippen molar-refractivity contribution in [2.24, 2.45) is 0 Å². The van der Waals surface area contributed by atoms with E-state index in [-0.39, 0.29) is 11.9 Å². The average Bonchev–Trinajstić information content (AvgIpc) is 3.43. The summed E-state index contributed by atoms with van der Waals surface area (Å²) >= 11 is 0. The summed E-state index contributed by atoms with van der Waals surface area (Å²) in [6, 6.07) is 17.6. The molecule has 148 valence electrons. The molecule has 1 fully saturated rings. The van der Waals surface area contributed by atoms with Gasteiger partial charge in [-0.05, 0) is 38.8 Å². The van der Waals surface area contributed by atoms with Crippen molar-refractivity contribution in [2.45, 2.75) is 38.8 Å². The first-order valence-electron chi connectivity index (χ1n) is 9.75. The predicted octanol–water partition coefficient (Wildman–Crippen LogP) is 3.67. The van der Waals surface area contributed by atoms with Gasteiger partial charge >= 0.3 is 5.97 Å². The highest BCUT2D eigenvalue weighted by molar-refractivity contribution is 5.97. The summed E-state index contributed by atoms with van der Waals surface area (Å²) in [5.41, 5.74) is 3.61. The molecule has 1 atom stereocenters. The number of para-hydroxylation sites is 1. The van der Waals surface area contributed by atoms with Crippen LogP contribution in [0.15, 0.2) is 60.8 Å². The molecule has 1 heterocycles. The number of benzene rings is 2. The lowest BCUT2D eigenvalue weighted by molar-refractivity contribution is -0.129. The van der Waals surface area contributed by atoms with Crippen LogP contribution in [0.25, 0.3) is 16.9 Å². The van der Waals surface area contributed by atoms with E-state index < -0.39 is 12.1 Å². The van der Waals surface area contributed by atoms with Gasteiger partial charge in [0.05, 0.1) is 5.69 Å². The lowest BCUT2D eigenvalue weighted by Gasteiger charge is -2.13. The molecule has 29 heavy (non-hydrogen) atoms. The molecule has 1 N–H and O–H groups in total. The minimum Gasteiger partial charge on any atom is -0.449 e. The van der Waals surface area contributed by atoms with Crippen LogP contribution in [0.2, 0.25) is 0 Å². The van der Waals surface area contributed by atoms with Crippen molar-refractivity contribution in [3.8, 4) is 16.9 Å². The molecule has 3 aromatic rings. The molecule has 0 bridgehead atoms. The van der Waals surface area contributed by atoms with Gasteiger partial charge < -0.3 is 10.1 Å². The van der Waals surface area contributed by atoms with E-state index in [1.807, 2.05) is 61.5 Å². The second kappa shape index (κ2) is 7.91. The Kier molecular flexibility index (Phi) is 5.16. The van der Waals surface area contributed by atoms with Gasteiger partial charge in [-0.15, -0.1) is 0 Å². The highest BCUT2D eigenvalue weighted by Gasteiger charge is 2.28. The van der Waals surface area contributed by atoms with E-state index >= 15 is 0 Å². The highest BCUT2D eigenvalue weighted by Crippen LogP contribution is 2.25. The molecule has 1 saturated carbocycles. The van der Waals surface area contributed by atoms with Gasteiger partial charge in [0.25, 0.3) is 5.91 Å². The third-order valence-corrected chi connectivity index (χ3v) is 4.86. The van der Waals surface area contributed by atoms with Crippen LogP contribution in [-0.4, -0.2) is 33.8 Å². The summed E-state index contributed by atoms with van der Waals surface area (Å²) in [5.74, 6) is -0.839. The number of aryl methyl sites for hydroxylation is 1. The fourth-order valence-corrected chi connectivity index (χ4v) is 2.98. The Balaban J connectivity index is 1.64. The van der Waals surface area contributed by atoms with Gasteiger partial charge in [-0.3, -0.25) is 4.79 Å². The van der Waals surface area contributed by atoms with Crippen LogP contribution in [0.1, 0.15) is 35.7 Å². The van der Waals surface area contributed by atoms with Crippen LogP contribution in [0.4, 0.5) is 0 Å². The molecule has 0 unspecified atom stereocenters. The molecular weight excluding hydrogens is 366 g/mol. The van der Waals surface area contributed by atoms with Crippen molar-refractivity contribution in [3.05, 3.63) is 71.9 Å². The van der Waals surface area contributed by atoms with Crippen LogP contribution >= 0.6 is 0 Å². The van der Waals surface area contributed by atoms with E-state index in [4.69, 9.17) is 4.74 Å². The molecule has 6 nitrogen and oxygen atoms in total. The largest absolute Gasteiger partial charge is 0.449 e. The van der Waals surface area contributed by atoms with E-state index in [2.05, 4.69) is 10.4 Å². The molecule has 0 aliphatic heterocycles. The number of carbonyl (C=O) groups excluding carboxylic acids is 2. The van der Waals surface area contributed by atoms with Crippen LogP contribution in [-0.2, 0) is 9.53 Å². The molecule has 6 heteroatoms. The Labute approximate surface area is 169 Å². The number of ether oxygens (including phenoxy) is 1. The number of hydrogen-bond acceptors (Lipinski definition) is 4. The van der Waals surface area contributed by atoms with Crippen molar-refractivity contribution in [1.82, 2.24) is 15.1 Å². The maximum absolute atomic E-state index is 12.9. The van der Waals surface area contributed by atoms with E-state index in [0.717, 1.165) is 29.7 Å². The van der Waals surface area contributed by atoms with E-state index in [1.54, 1.807) is 17.8 Å². The molecule has 0 saturated heterocycles. The van der Waals surface area contributed by atoms with Crippen molar-refractivity contribution in [3.63, 3.8) is 0 Å². The number of nitrogens with one attached hydrogen (secondary N) is 1. The van der Waals surface area contributed by atoms with E-state index in [1.165, 1.54) is 0 Å². The van der Waals surface area contributed by atoms with Gasteiger partial charge in [0.1, 0.15) is 11.3 Å². The third kappa shape index (κ3) is 4.37. The lowest BCUT2D eigenvalue weighted by atomic mass is 10.1. The smallest absolute Gasteiger partial charge is 0.342 e. The molecule has 1 aliphatic rings. The number of aromatic nitrogens is 2. The summed E-state index contributed by atoms with van der Waals surface area (Å²) in [6.45, 7) is 3.59. The SMILES string of the molecule is Cc1ccc(-c2nn(-c3ccccc3)cc2C(=O)O[C@@H](C)C(=O)NC2CC2)cc1. The average molecular weight is 389 g/mol. The molecule has 0 spiro atoms. The van der Waals surface area contributed by atoms with Gasteiger partial charge in [0.2, 0.25) is 0 Å². The van der Waals surface area contributed by atoms with Gasteiger partial charge in [-0.1, -0.05) is 48.0 Å². The fourth-order valence-electron chi connectivity index (χ4n) is 2.98. The maximum Gasteiger partial charge on any atom is 0.342 e. The number of amides is 1. The highest BCUT2D eigenvalue weighted by atomic mass is 16.5. The first kappa shape index (κ1) is 18.9. The second-order valence-electron chi connectivity index (χ2n) is 7.37. The maximum atomic E-state index is 12.9. The normalized spacial score (nSPS) is 14.3. The summed E-state index contributed by atoms with van der Waals surface area (Å²) in [5, 5.41) is 7.48. The van der Waals surface area contributed by atoms with Crippen molar-refractivity contribution in [1.29, 1.82) is 0 Å². The Morgan fingerprint density at radius 3 is 2.45 bits per heavy atom. The minimum absolute atomic E-state index is 0.215. The standard InChI is InChI=1S/C23H23N3O3/c1-15-8-10-17(11-9-15)21-20(14-26(25-21)19-6-4-3-5-7-19)23(28)29-16(2)22(27)24-18-12-13-18/h3-11,14,16,18H,12-13H2,1-2H3,(H,24,27)/t16-/m0/s1. The Morgan fingerprint density at radius 1 is 1.10 bits per heavy atom. The molecule has 2 aromatic carbocycles. The summed E-state index contributed by atoms with van der Waals surface area (Å²) in [7, 11) is 0. The van der Waals surface area contributed by atoms with E-state index in [9.17, 15) is 9.59 Å². The monoisotopic (exact) mass is 389 g/mol. The number of carbonyl (C=O) groups is 2. The topological polar surface area (TPSA) is 73.2 Å². The van der Waals surface area contributed by atoms with Gasteiger partial charge in [-0.25, -0.2) is 9.48 Å². The first-order chi connectivity index (χ1) is 14.0. The molecule has 4 rings (SSSR count). The molecular formula is C23H23N3O3. The molecule has 1 aromatic heterocycles. The van der Waals surface area contributed by atoms with Crippen LogP contribution < -0.4 is 5.32 Å². The number of esters is 1. The van der Waals surface area contributed by atoms with Gasteiger partial charge in [0.15, 0.2) is 6.10 Å². The summed E-state index contributed by atoms with van der Waals surface area (Å²) < 4.78 is 7.11. The fraction of sp³-hybridized carbons (Fsp3) is 0.261. The van der Waals surface area contributed by atoms with Crippen molar-refractivity contribution >= 4 is 11.9 Å². The Morgan fingerprint density at radius 2 is 1.79 bits per heavy atom. The zero-order valence-electron chi connectivity index (χ0n) is 16.5. The van der Waals surface area contributed by atoms with Crippen LogP contribution in [0, 0.1) is 6.92 Å². The number of hydrogen-bond donors (Lipinski definition) is 1. The third-order valence-electron chi connectivity index (χ3n) is 4.86. The zero-order valence-corrected chi connectivity index (χ0v) is 16.5.